The second-order valence-corrected chi connectivity index (χ2v) is 9.48. The number of thioether (sulfide) groups is 1. The summed E-state index contributed by atoms with van der Waals surface area (Å²) in [6.07, 6.45) is 0. The minimum Gasteiger partial charge on any atom is -0.455 e. The van der Waals surface area contributed by atoms with E-state index in [2.05, 4.69) is 18.7 Å². The first-order chi connectivity index (χ1) is 15.9. The fourth-order valence-electron chi connectivity index (χ4n) is 3.83. The van der Waals surface area contributed by atoms with Crippen molar-refractivity contribution < 1.29 is 18.7 Å². The van der Waals surface area contributed by atoms with E-state index in [0.29, 0.717) is 61.8 Å². The molecule has 10 heteroatoms. The smallest absolute Gasteiger partial charge is 0.289 e. The van der Waals surface area contributed by atoms with Crippen LogP contribution in [0.1, 0.15) is 48.7 Å². The fraction of sp³-hybridized carbons (Fsp3) is 0.565. The summed E-state index contributed by atoms with van der Waals surface area (Å²) in [5.74, 6) is 2.78. The van der Waals surface area contributed by atoms with Crippen molar-refractivity contribution in [2.75, 3.05) is 57.4 Å². The van der Waals surface area contributed by atoms with Gasteiger partial charge in [-0.05, 0) is 18.1 Å². The topological polar surface area (TPSA) is 92.0 Å². The molecule has 2 aromatic rings. The van der Waals surface area contributed by atoms with Crippen LogP contribution in [-0.2, 0) is 15.3 Å². The summed E-state index contributed by atoms with van der Waals surface area (Å²) < 4.78 is 11.1. The number of nitrogens with zero attached hydrogens (tertiary/aromatic N) is 5. The van der Waals surface area contributed by atoms with Crippen molar-refractivity contribution in [3.05, 3.63) is 35.4 Å². The Hall–Kier alpha value is -2.59. The highest BCUT2D eigenvalue weighted by Crippen LogP contribution is 2.27. The van der Waals surface area contributed by atoms with Gasteiger partial charge in [0.15, 0.2) is 10.9 Å². The van der Waals surface area contributed by atoms with Crippen LogP contribution in [0.4, 0.5) is 5.82 Å². The second kappa shape index (κ2) is 10.6. The van der Waals surface area contributed by atoms with Crippen LogP contribution < -0.4 is 4.90 Å². The predicted octanol–water partition coefficient (Wildman–Crippen LogP) is 2.63. The number of hydrogen-bond acceptors (Lipinski definition) is 8. The Bertz CT molecular complexity index is 981. The van der Waals surface area contributed by atoms with Crippen LogP contribution in [0.3, 0.4) is 0 Å². The van der Waals surface area contributed by atoms with Crippen LogP contribution in [0.2, 0.25) is 0 Å². The van der Waals surface area contributed by atoms with Crippen molar-refractivity contribution >= 4 is 29.4 Å². The molecule has 2 amide bonds. The van der Waals surface area contributed by atoms with Crippen molar-refractivity contribution in [3.8, 4) is 0 Å². The van der Waals surface area contributed by atoms with Crippen LogP contribution in [-0.4, -0.2) is 84.1 Å². The molecule has 178 valence electrons. The molecule has 4 heterocycles. The maximum absolute atomic E-state index is 12.6. The first-order valence-corrected chi connectivity index (χ1v) is 12.4. The lowest BCUT2D eigenvalue weighted by molar-refractivity contribution is -0.129. The van der Waals surface area contributed by atoms with Gasteiger partial charge in [0.05, 0.1) is 19.0 Å². The molecule has 0 atom stereocenters. The molecular weight excluding hydrogens is 442 g/mol. The van der Waals surface area contributed by atoms with Crippen LogP contribution in [0.25, 0.3) is 0 Å². The summed E-state index contributed by atoms with van der Waals surface area (Å²) in [6, 6.07) is 5.62. The molecule has 0 radical (unpaired) electrons. The summed E-state index contributed by atoms with van der Waals surface area (Å²) in [5.41, 5.74) is 0.985. The van der Waals surface area contributed by atoms with E-state index < -0.39 is 0 Å². The number of morpholine rings is 1. The van der Waals surface area contributed by atoms with Crippen molar-refractivity contribution in [3.63, 3.8) is 0 Å². The number of anilines is 1. The molecule has 0 aromatic carbocycles. The molecule has 2 saturated heterocycles. The number of hydrogen-bond donors (Lipinski definition) is 0. The predicted molar refractivity (Wildman–Crippen MR) is 126 cm³/mol. The number of piperazine rings is 1. The van der Waals surface area contributed by atoms with Gasteiger partial charge in [-0.2, -0.15) is 0 Å². The average Bonchev–Trinajstić information content (AvgIpc) is 3.32. The van der Waals surface area contributed by atoms with Gasteiger partial charge in [-0.1, -0.05) is 25.6 Å². The van der Waals surface area contributed by atoms with Gasteiger partial charge in [-0.25, -0.2) is 9.97 Å². The van der Waals surface area contributed by atoms with Gasteiger partial charge in [0.1, 0.15) is 11.6 Å². The van der Waals surface area contributed by atoms with Gasteiger partial charge in [0, 0.05) is 58.0 Å². The molecule has 2 aliphatic heterocycles. The zero-order valence-corrected chi connectivity index (χ0v) is 20.3. The van der Waals surface area contributed by atoms with Crippen molar-refractivity contribution in [2.24, 2.45) is 0 Å². The van der Waals surface area contributed by atoms with E-state index in [9.17, 15) is 9.59 Å². The number of furan rings is 1. The van der Waals surface area contributed by atoms with Gasteiger partial charge >= 0.3 is 0 Å². The highest BCUT2D eigenvalue weighted by Gasteiger charge is 2.23. The molecular formula is C23H31N5O4S. The molecule has 4 rings (SSSR count). The Morgan fingerprint density at radius 1 is 1.03 bits per heavy atom. The molecule has 0 N–H and O–H groups in total. The Balaban J connectivity index is 1.42. The third kappa shape index (κ3) is 5.86. The first kappa shape index (κ1) is 23.6. The zero-order valence-electron chi connectivity index (χ0n) is 19.5. The van der Waals surface area contributed by atoms with E-state index in [1.54, 1.807) is 17.9 Å². The maximum Gasteiger partial charge on any atom is 0.289 e. The van der Waals surface area contributed by atoms with E-state index in [-0.39, 0.29) is 17.7 Å². The molecule has 0 saturated carbocycles. The number of amides is 2. The van der Waals surface area contributed by atoms with Crippen molar-refractivity contribution in [1.82, 2.24) is 19.8 Å². The number of carbonyl (C=O) groups is 2. The van der Waals surface area contributed by atoms with Crippen molar-refractivity contribution in [1.29, 1.82) is 0 Å². The van der Waals surface area contributed by atoms with Gasteiger partial charge in [-0.15, -0.1) is 0 Å². The number of ether oxygens (including phenoxy) is 1. The third-order valence-electron chi connectivity index (χ3n) is 5.87. The molecule has 0 bridgehead atoms. The quantitative estimate of drug-likeness (QED) is 0.467. The molecule has 2 aromatic heterocycles. The molecule has 0 aliphatic carbocycles. The van der Waals surface area contributed by atoms with Crippen LogP contribution >= 0.6 is 11.8 Å². The number of carbonyl (C=O) groups excluding carboxylic acids is 2. The first-order valence-electron chi connectivity index (χ1n) is 11.4. The number of aromatic nitrogens is 2. The monoisotopic (exact) mass is 473 g/mol. The van der Waals surface area contributed by atoms with E-state index >= 15 is 0 Å². The van der Waals surface area contributed by atoms with E-state index in [0.717, 1.165) is 24.6 Å². The number of rotatable bonds is 6. The lowest BCUT2D eigenvalue weighted by atomic mass is 10.1. The fourth-order valence-corrected chi connectivity index (χ4v) is 4.59. The summed E-state index contributed by atoms with van der Waals surface area (Å²) in [7, 11) is 0. The van der Waals surface area contributed by atoms with Crippen LogP contribution in [0.15, 0.2) is 27.8 Å². The summed E-state index contributed by atoms with van der Waals surface area (Å²) in [6.45, 7) is 11.0. The third-order valence-corrected chi connectivity index (χ3v) is 6.74. The molecule has 0 unspecified atom stereocenters. The second-order valence-electron chi connectivity index (χ2n) is 8.54. The molecule has 2 aliphatic rings. The zero-order chi connectivity index (χ0) is 23.4. The average molecular weight is 474 g/mol. The lowest BCUT2D eigenvalue weighted by Gasteiger charge is -2.35. The molecule has 9 nitrogen and oxygen atoms in total. The minimum absolute atomic E-state index is 0.0976. The lowest BCUT2D eigenvalue weighted by Crippen LogP contribution is -2.48. The summed E-state index contributed by atoms with van der Waals surface area (Å²) in [4.78, 5) is 39.6. The minimum atomic E-state index is -0.0976. The summed E-state index contributed by atoms with van der Waals surface area (Å²) >= 11 is 1.50. The Morgan fingerprint density at radius 3 is 2.42 bits per heavy atom. The SMILES string of the molecule is CC(=O)N1CCN(c2cc(C(C)C)nc(SCc3ccc(C(=O)N4CCOCC4)o3)n2)CC1. The van der Waals surface area contributed by atoms with E-state index in [1.165, 1.54) is 11.8 Å². The standard InChI is InChI=1S/C23H31N5O4S/c1-16(2)19-14-21(27-8-6-26(7-9-27)17(3)29)25-23(24-19)33-15-18-4-5-20(32-18)22(30)28-10-12-31-13-11-28/h4-5,14,16H,6-13,15H2,1-3H3. The van der Waals surface area contributed by atoms with Crippen molar-refractivity contribution in [2.45, 2.75) is 37.6 Å². The molecule has 0 spiro atoms. The highest BCUT2D eigenvalue weighted by molar-refractivity contribution is 7.98. The van der Waals surface area contributed by atoms with Crippen LogP contribution in [0, 0.1) is 0 Å². The van der Waals surface area contributed by atoms with Gasteiger partial charge < -0.3 is 23.9 Å². The Labute approximate surface area is 198 Å². The maximum atomic E-state index is 12.6. The van der Waals surface area contributed by atoms with E-state index in [4.69, 9.17) is 19.1 Å². The van der Waals surface area contributed by atoms with Crippen LogP contribution in [0.5, 0.6) is 0 Å². The largest absolute Gasteiger partial charge is 0.455 e. The highest BCUT2D eigenvalue weighted by atomic mass is 32.2. The van der Waals surface area contributed by atoms with Gasteiger partial charge in [-0.3, -0.25) is 9.59 Å². The summed E-state index contributed by atoms with van der Waals surface area (Å²) in [5, 5.41) is 0.683. The normalized spacial score (nSPS) is 17.0. The molecule has 33 heavy (non-hydrogen) atoms. The Kier molecular flexibility index (Phi) is 7.54. The molecule has 2 fully saturated rings. The van der Waals surface area contributed by atoms with Gasteiger partial charge in [0.25, 0.3) is 5.91 Å². The Morgan fingerprint density at radius 2 is 1.76 bits per heavy atom. The van der Waals surface area contributed by atoms with Gasteiger partial charge in [0.2, 0.25) is 5.91 Å². The van der Waals surface area contributed by atoms with E-state index in [1.807, 2.05) is 17.0 Å².